The van der Waals surface area contributed by atoms with Gasteiger partial charge >= 0.3 is 13.2 Å². The van der Waals surface area contributed by atoms with Crippen molar-refractivity contribution >= 4 is 18.6 Å². The molecule has 2 aromatic rings. The predicted molar refractivity (Wildman–Crippen MR) is 111 cm³/mol. The molecule has 28 heavy (non-hydrogen) atoms. The molecule has 1 heterocycles. The quantitative estimate of drug-likeness (QED) is 0.510. The summed E-state index contributed by atoms with van der Waals surface area (Å²) < 4.78 is 29.7. The van der Waals surface area contributed by atoms with E-state index < -0.39 is 24.5 Å². The standard InChI is InChI=1S/C21H31O6P/c1-14-8-9-15-16(13-19(22)26-18(15)12-14)17(10-11-25-20(2,3)4)27-28(23,24)21(5,6)7/h8-9,12-13,17H,10-11H2,1-7H3,(H,23,24). The van der Waals surface area contributed by atoms with E-state index in [0.29, 0.717) is 29.6 Å². The molecule has 0 amide bonds. The van der Waals surface area contributed by atoms with E-state index in [9.17, 15) is 14.3 Å². The van der Waals surface area contributed by atoms with Crippen LogP contribution in [0.3, 0.4) is 0 Å². The third kappa shape index (κ3) is 5.77. The minimum absolute atomic E-state index is 0.311. The maximum Gasteiger partial charge on any atom is 0.336 e. The Kier molecular flexibility index (Phi) is 6.61. The molecule has 0 saturated heterocycles. The summed E-state index contributed by atoms with van der Waals surface area (Å²) in [6.07, 6.45) is -0.462. The molecule has 0 spiro atoms. The Balaban J connectivity index is 2.50. The van der Waals surface area contributed by atoms with E-state index in [0.717, 1.165) is 5.56 Å². The second-order valence-corrected chi connectivity index (χ2v) is 11.6. The van der Waals surface area contributed by atoms with E-state index in [2.05, 4.69) is 0 Å². The van der Waals surface area contributed by atoms with E-state index in [1.54, 1.807) is 26.8 Å². The third-order valence-electron chi connectivity index (χ3n) is 4.31. The summed E-state index contributed by atoms with van der Waals surface area (Å²) in [6, 6.07) is 6.84. The minimum Gasteiger partial charge on any atom is -0.423 e. The predicted octanol–water partition coefficient (Wildman–Crippen LogP) is 5.35. The van der Waals surface area contributed by atoms with Gasteiger partial charge in [-0.1, -0.05) is 12.1 Å². The molecule has 0 aliphatic heterocycles. The Labute approximate surface area is 166 Å². The normalized spacial score (nSPS) is 16.1. The maximum atomic E-state index is 12.8. The highest BCUT2D eigenvalue weighted by atomic mass is 31.2. The van der Waals surface area contributed by atoms with E-state index in [1.807, 2.05) is 39.8 Å². The molecule has 2 unspecified atom stereocenters. The third-order valence-corrected chi connectivity index (χ3v) is 6.55. The molecule has 2 atom stereocenters. The highest BCUT2D eigenvalue weighted by Crippen LogP contribution is 2.58. The number of ether oxygens (including phenoxy) is 1. The zero-order valence-electron chi connectivity index (χ0n) is 17.7. The van der Waals surface area contributed by atoms with E-state index in [1.165, 1.54) is 6.07 Å². The molecule has 2 rings (SSSR count). The smallest absolute Gasteiger partial charge is 0.336 e. The van der Waals surface area contributed by atoms with Gasteiger partial charge in [-0.3, -0.25) is 4.57 Å². The summed E-state index contributed by atoms with van der Waals surface area (Å²) in [5.41, 5.74) is 1.02. The number of aryl methyl sites for hydroxylation is 1. The summed E-state index contributed by atoms with van der Waals surface area (Å²) in [4.78, 5) is 22.6. The van der Waals surface area contributed by atoms with Crippen LogP contribution in [0.1, 0.15) is 65.2 Å². The Hall–Kier alpha value is -1.46. The summed E-state index contributed by atoms with van der Waals surface area (Å²) in [5.74, 6) is 0. The first-order valence-corrected chi connectivity index (χ1v) is 11.0. The van der Waals surface area contributed by atoms with Gasteiger partial charge in [-0.05, 0) is 65.7 Å². The van der Waals surface area contributed by atoms with Crippen LogP contribution in [0.2, 0.25) is 0 Å². The number of hydrogen-bond acceptors (Lipinski definition) is 5. The van der Waals surface area contributed by atoms with Crippen LogP contribution in [0.25, 0.3) is 11.0 Å². The van der Waals surface area contributed by atoms with Crippen molar-refractivity contribution < 1.29 is 23.1 Å². The number of rotatable bonds is 6. The summed E-state index contributed by atoms with van der Waals surface area (Å²) in [5, 5.41) is -0.276. The lowest BCUT2D eigenvalue weighted by atomic mass is 10.0. The van der Waals surface area contributed by atoms with Crippen molar-refractivity contribution in [3.05, 3.63) is 45.8 Å². The molecule has 0 aliphatic carbocycles. The molecule has 1 aromatic heterocycles. The van der Waals surface area contributed by atoms with E-state index in [-0.39, 0.29) is 5.60 Å². The van der Waals surface area contributed by atoms with Gasteiger partial charge in [-0.2, -0.15) is 0 Å². The monoisotopic (exact) mass is 410 g/mol. The van der Waals surface area contributed by atoms with Gasteiger partial charge in [-0.25, -0.2) is 4.79 Å². The molecule has 0 saturated carbocycles. The van der Waals surface area contributed by atoms with Crippen molar-refractivity contribution in [1.29, 1.82) is 0 Å². The van der Waals surface area contributed by atoms with Crippen molar-refractivity contribution in [2.75, 3.05) is 6.61 Å². The van der Waals surface area contributed by atoms with Gasteiger partial charge in [0.15, 0.2) is 0 Å². The first kappa shape index (κ1) is 22.8. The van der Waals surface area contributed by atoms with Gasteiger partial charge in [0, 0.05) is 17.9 Å². The molecule has 0 radical (unpaired) electrons. The van der Waals surface area contributed by atoms with Crippen LogP contribution < -0.4 is 5.63 Å². The minimum atomic E-state index is -3.97. The molecule has 0 bridgehead atoms. The van der Waals surface area contributed by atoms with Gasteiger partial charge < -0.3 is 18.6 Å². The summed E-state index contributed by atoms with van der Waals surface area (Å²) >= 11 is 0. The first-order chi connectivity index (χ1) is 12.7. The Morgan fingerprint density at radius 3 is 2.36 bits per heavy atom. The molecule has 6 nitrogen and oxygen atoms in total. The van der Waals surface area contributed by atoms with E-state index in [4.69, 9.17) is 13.7 Å². The van der Waals surface area contributed by atoms with Crippen molar-refractivity contribution in [3.63, 3.8) is 0 Å². The van der Waals surface area contributed by atoms with Crippen molar-refractivity contribution in [2.45, 2.75) is 71.7 Å². The van der Waals surface area contributed by atoms with Crippen LogP contribution in [0.5, 0.6) is 0 Å². The molecular formula is C21H31O6P. The van der Waals surface area contributed by atoms with Crippen LogP contribution in [0.4, 0.5) is 0 Å². The van der Waals surface area contributed by atoms with E-state index >= 15 is 0 Å². The lowest BCUT2D eigenvalue weighted by Gasteiger charge is -2.30. The summed E-state index contributed by atoms with van der Waals surface area (Å²) in [7, 11) is -3.97. The largest absolute Gasteiger partial charge is 0.423 e. The SMILES string of the molecule is Cc1ccc2c(C(CCOC(C)(C)C)OP(=O)(O)C(C)(C)C)cc(=O)oc2c1. The number of fused-ring (bicyclic) bond motifs is 1. The lowest BCUT2D eigenvalue weighted by Crippen LogP contribution is -2.23. The molecule has 1 N–H and O–H groups in total. The van der Waals surface area contributed by atoms with Crippen LogP contribution in [0.15, 0.2) is 33.5 Å². The molecule has 7 heteroatoms. The Bertz CT molecular complexity index is 933. The van der Waals surface area contributed by atoms with Gasteiger partial charge in [0.2, 0.25) is 0 Å². The van der Waals surface area contributed by atoms with Crippen molar-refractivity contribution in [2.24, 2.45) is 0 Å². The average molecular weight is 410 g/mol. The second-order valence-electron chi connectivity index (χ2n) is 9.06. The van der Waals surface area contributed by atoms with Crippen LogP contribution >= 0.6 is 7.60 Å². The average Bonchev–Trinajstić information content (AvgIpc) is 2.50. The Morgan fingerprint density at radius 2 is 1.79 bits per heavy atom. The first-order valence-electron chi connectivity index (χ1n) is 9.39. The summed E-state index contributed by atoms with van der Waals surface area (Å²) in [6.45, 7) is 13.0. The van der Waals surface area contributed by atoms with Crippen molar-refractivity contribution in [3.8, 4) is 0 Å². The fraction of sp³-hybridized carbons (Fsp3) is 0.571. The zero-order valence-corrected chi connectivity index (χ0v) is 18.6. The molecule has 1 aromatic carbocycles. The maximum absolute atomic E-state index is 12.8. The Morgan fingerprint density at radius 1 is 1.14 bits per heavy atom. The van der Waals surface area contributed by atoms with Crippen LogP contribution in [-0.2, 0) is 13.8 Å². The van der Waals surface area contributed by atoms with Gasteiger partial charge in [0.25, 0.3) is 0 Å². The van der Waals surface area contributed by atoms with Crippen molar-refractivity contribution in [1.82, 2.24) is 0 Å². The van der Waals surface area contributed by atoms with Crippen LogP contribution in [-0.4, -0.2) is 22.3 Å². The van der Waals surface area contributed by atoms with Crippen LogP contribution in [0, 0.1) is 6.92 Å². The highest BCUT2D eigenvalue weighted by molar-refractivity contribution is 7.54. The zero-order chi connectivity index (χ0) is 21.3. The fourth-order valence-electron chi connectivity index (χ4n) is 2.63. The molecule has 156 valence electrons. The number of benzene rings is 1. The van der Waals surface area contributed by atoms with Gasteiger partial charge in [0.05, 0.1) is 23.5 Å². The van der Waals surface area contributed by atoms with Gasteiger partial charge in [-0.15, -0.1) is 0 Å². The second kappa shape index (κ2) is 8.11. The molecular weight excluding hydrogens is 379 g/mol. The molecule has 0 aliphatic rings. The molecule has 0 fully saturated rings. The fourth-order valence-corrected chi connectivity index (χ4v) is 3.51. The topological polar surface area (TPSA) is 86.0 Å². The lowest BCUT2D eigenvalue weighted by molar-refractivity contribution is -0.0170. The highest BCUT2D eigenvalue weighted by Gasteiger charge is 2.39. The van der Waals surface area contributed by atoms with Gasteiger partial charge in [0.1, 0.15) is 5.58 Å². The number of hydrogen-bond donors (Lipinski definition) is 1.